The van der Waals surface area contributed by atoms with Gasteiger partial charge >= 0.3 is 0 Å². The lowest BCUT2D eigenvalue weighted by molar-refractivity contribution is 0.371. The molecule has 2 unspecified atom stereocenters. The fourth-order valence-corrected chi connectivity index (χ4v) is 3.14. The van der Waals surface area contributed by atoms with E-state index in [4.69, 9.17) is 0 Å². The van der Waals surface area contributed by atoms with Crippen molar-refractivity contribution in [3.05, 3.63) is 28.0 Å². The molecule has 0 spiro atoms. The van der Waals surface area contributed by atoms with Crippen LogP contribution in [-0.2, 0) is 0 Å². The third-order valence-electron chi connectivity index (χ3n) is 3.72. The quantitative estimate of drug-likeness (QED) is 0.864. The summed E-state index contributed by atoms with van der Waals surface area (Å²) in [5.74, 6) is -0.212. The Hall–Kier alpha value is -0.610. The average Bonchev–Trinajstić information content (AvgIpc) is 2.37. The Balaban J connectivity index is 1.94. The van der Waals surface area contributed by atoms with Gasteiger partial charge in [0.15, 0.2) is 0 Å². The van der Waals surface area contributed by atoms with Gasteiger partial charge in [0.05, 0.1) is 4.47 Å². The highest BCUT2D eigenvalue weighted by atomic mass is 79.9. The van der Waals surface area contributed by atoms with Crippen molar-refractivity contribution in [2.24, 2.45) is 0 Å². The number of rotatable bonds is 4. The van der Waals surface area contributed by atoms with E-state index in [1.54, 1.807) is 6.07 Å². The molecule has 0 amide bonds. The van der Waals surface area contributed by atoms with Crippen LogP contribution >= 0.6 is 15.9 Å². The molecule has 106 valence electrons. The standard InChI is InChI=1S/C15H22BrFN2/c1-10-7-13(16)14(17)9-15(10)19-11(2)8-12-5-3-4-6-18-12/h7,9,11-12,18-19H,3-6,8H2,1-2H3. The minimum Gasteiger partial charge on any atom is -0.382 e. The van der Waals surface area contributed by atoms with Crippen LogP contribution in [0.4, 0.5) is 10.1 Å². The molecule has 1 aliphatic rings. The van der Waals surface area contributed by atoms with E-state index in [1.165, 1.54) is 19.3 Å². The van der Waals surface area contributed by atoms with Gasteiger partial charge in [-0.2, -0.15) is 0 Å². The Labute approximate surface area is 123 Å². The predicted molar refractivity (Wildman–Crippen MR) is 82.2 cm³/mol. The van der Waals surface area contributed by atoms with Crippen molar-refractivity contribution in [3.8, 4) is 0 Å². The van der Waals surface area contributed by atoms with Crippen LogP contribution in [0, 0.1) is 12.7 Å². The first-order chi connectivity index (χ1) is 9.06. The van der Waals surface area contributed by atoms with Crippen LogP contribution in [-0.4, -0.2) is 18.6 Å². The maximum absolute atomic E-state index is 13.6. The molecule has 2 atom stereocenters. The highest BCUT2D eigenvalue weighted by molar-refractivity contribution is 9.10. The molecule has 1 saturated heterocycles. The van der Waals surface area contributed by atoms with Crippen LogP contribution in [0.1, 0.15) is 38.2 Å². The van der Waals surface area contributed by atoms with Crippen molar-refractivity contribution in [3.63, 3.8) is 0 Å². The summed E-state index contributed by atoms with van der Waals surface area (Å²) in [6, 6.07) is 4.33. The number of piperidine rings is 1. The molecule has 0 aromatic heterocycles. The Morgan fingerprint density at radius 2 is 2.26 bits per heavy atom. The normalized spacial score (nSPS) is 21.2. The van der Waals surface area contributed by atoms with Crippen LogP contribution in [0.3, 0.4) is 0 Å². The molecule has 19 heavy (non-hydrogen) atoms. The fraction of sp³-hybridized carbons (Fsp3) is 0.600. The Morgan fingerprint density at radius 1 is 1.47 bits per heavy atom. The molecule has 1 heterocycles. The summed E-state index contributed by atoms with van der Waals surface area (Å²) in [6.07, 6.45) is 4.93. The zero-order chi connectivity index (χ0) is 13.8. The maximum atomic E-state index is 13.6. The minimum absolute atomic E-state index is 0.212. The van der Waals surface area contributed by atoms with Crippen molar-refractivity contribution in [1.29, 1.82) is 0 Å². The fourth-order valence-electron chi connectivity index (χ4n) is 2.68. The number of hydrogen-bond acceptors (Lipinski definition) is 2. The van der Waals surface area contributed by atoms with E-state index in [9.17, 15) is 4.39 Å². The number of aryl methyl sites for hydroxylation is 1. The van der Waals surface area contributed by atoms with Crippen LogP contribution in [0.5, 0.6) is 0 Å². The first kappa shape index (κ1) is 14.8. The Kier molecular flexibility index (Phi) is 5.22. The SMILES string of the molecule is Cc1cc(Br)c(F)cc1NC(C)CC1CCCCN1. The van der Waals surface area contributed by atoms with Crippen molar-refractivity contribution in [2.75, 3.05) is 11.9 Å². The first-order valence-electron chi connectivity index (χ1n) is 7.02. The second-order valence-electron chi connectivity index (χ2n) is 5.51. The van der Waals surface area contributed by atoms with Gasteiger partial charge in [0, 0.05) is 17.8 Å². The summed E-state index contributed by atoms with van der Waals surface area (Å²) in [6.45, 7) is 5.29. The van der Waals surface area contributed by atoms with E-state index < -0.39 is 0 Å². The van der Waals surface area contributed by atoms with E-state index in [0.717, 1.165) is 24.2 Å². The van der Waals surface area contributed by atoms with Gasteiger partial charge in [-0.3, -0.25) is 0 Å². The summed E-state index contributed by atoms with van der Waals surface area (Å²) >= 11 is 3.21. The molecular weight excluding hydrogens is 307 g/mol. The number of hydrogen-bond donors (Lipinski definition) is 2. The van der Waals surface area contributed by atoms with E-state index >= 15 is 0 Å². The van der Waals surface area contributed by atoms with Crippen molar-refractivity contribution < 1.29 is 4.39 Å². The van der Waals surface area contributed by atoms with Crippen molar-refractivity contribution in [2.45, 2.75) is 51.6 Å². The second kappa shape index (κ2) is 6.71. The van der Waals surface area contributed by atoms with Crippen molar-refractivity contribution >= 4 is 21.6 Å². The minimum atomic E-state index is -0.212. The van der Waals surface area contributed by atoms with Gasteiger partial charge in [-0.1, -0.05) is 6.42 Å². The molecule has 0 bridgehead atoms. The number of anilines is 1. The van der Waals surface area contributed by atoms with Crippen LogP contribution in [0.25, 0.3) is 0 Å². The third-order valence-corrected chi connectivity index (χ3v) is 4.33. The topological polar surface area (TPSA) is 24.1 Å². The molecule has 2 nitrogen and oxygen atoms in total. The highest BCUT2D eigenvalue weighted by Gasteiger charge is 2.16. The number of nitrogens with one attached hydrogen (secondary N) is 2. The van der Waals surface area contributed by atoms with Crippen LogP contribution in [0.2, 0.25) is 0 Å². The summed E-state index contributed by atoms with van der Waals surface area (Å²) in [4.78, 5) is 0. The van der Waals surface area contributed by atoms with Gasteiger partial charge in [-0.15, -0.1) is 0 Å². The van der Waals surface area contributed by atoms with E-state index in [1.807, 2.05) is 13.0 Å². The van der Waals surface area contributed by atoms with Crippen LogP contribution in [0.15, 0.2) is 16.6 Å². The monoisotopic (exact) mass is 328 g/mol. The molecule has 2 N–H and O–H groups in total. The van der Waals surface area contributed by atoms with Crippen molar-refractivity contribution in [1.82, 2.24) is 5.32 Å². The molecule has 1 aromatic rings. The third kappa shape index (κ3) is 4.18. The zero-order valence-corrected chi connectivity index (χ0v) is 13.2. The second-order valence-corrected chi connectivity index (χ2v) is 6.36. The largest absolute Gasteiger partial charge is 0.382 e. The molecule has 4 heteroatoms. The Morgan fingerprint density at radius 3 is 2.95 bits per heavy atom. The molecule has 2 rings (SSSR count). The van der Waals surface area contributed by atoms with Gasteiger partial charge in [-0.25, -0.2) is 4.39 Å². The first-order valence-corrected chi connectivity index (χ1v) is 7.81. The summed E-state index contributed by atoms with van der Waals surface area (Å²) in [5, 5.41) is 6.97. The zero-order valence-electron chi connectivity index (χ0n) is 11.6. The number of benzene rings is 1. The van der Waals surface area contributed by atoms with Gasteiger partial charge < -0.3 is 10.6 Å². The molecule has 0 saturated carbocycles. The summed E-state index contributed by atoms with van der Waals surface area (Å²) in [7, 11) is 0. The smallest absolute Gasteiger partial charge is 0.139 e. The Bertz CT molecular complexity index is 430. The maximum Gasteiger partial charge on any atom is 0.139 e. The van der Waals surface area contributed by atoms with E-state index in [-0.39, 0.29) is 5.82 Å². The van der Waals surface area contributed by atoms with Gasteiger partial charge in [0.25, 0.3) is 0 Å². The predicted octanol–water partition coefficient (Wildman–Crippen LogP) is 4.23. The number of halogens is 2. The van der Waals surface area contributed by atoms with Gasteiger partial charge in [-0.05, 0) is 73.3 Å². The van der Waals surface area contributed by atoms with E-state index in [0.29, 0.717) is 16.6 Å². The summed E-state index contributed by atoms with van der Waals surface area (Å²) < 4.78 is 14.1. The van der Waals surface area contributed by atoms with Gasteiger partial charge in [0.1, 0.15) is 5.82 Å². The lowest BCUT2D eigenvalue weighted by Gasteiger charge is -2.27. The van der Waals surface area contributed by atoms with Gasteiger partial charge in [0.2, 0.25) is 0 Å². The molecule has 1 aromatic carbocycles. The molecule has 1 fully saturated rings. The highest BCUT2D eigenvalue weighted by Crippen LogP contribution is 2.25. The van der Waals surface area contributed by atoms with E-state index in [2.05, 4.69) is 33.5 Å². The summed E-state index contributed by atoms with van der Waals surface area (Å²) in [5.41, 5.74) is 1.96. The van der Waals surface area contributed by atoms with Crippen LogP contribution < -0.4 is 10.6 Å². The molecule has 1 aliphatic heterocycles. The molecular formula is C15H22BrFN2. The molecule has 0 radical (unpaired) electrons. The lowest BCUT2D eigenvalue weighted by atomic mass is 9.98. The lowest BCUT2D eigenvalue weighted by Crippen LogP contribution is -2.37. The molecule has 0 aliphatic carbocycles. The average molecular weight is 329 g/mol.